The number of aromatic nitrogens is 3. The molecule has 1 N–H and O–H groups in total. The van der Waals surface area contributed by atoms with Crippen molar-refractivity contribution in [1.82, 2.24) is 15.0 Å². The quantitative estimate of drug-likeness (QED) is 0.200. The summed E-state index contributed by atoms with van der Waals surface area (Å²) in [7, 11) is 0. The van der Waals surface area contributed by atoms with Crippen molar-refractivity contribution in [3.8, 4) is 45.3 Å². The smallest absolute Gasteiger partial charge is 0.165 e. The predicted molar refractivity (Wildman–Crippen MR) is 214 cm³/mol. The van der Waals surface area contributed by atoms with Gasteiger partial charge in [-0.2, -0.15) is 0 Å². The van der Waals surface area contributed by atoms with Crippen molar-refractivity contribution in [3.05, 3.63) is 169 Å². The summed E-state index contributed by atoms with van der Waals surface area (Å²) >= 11 is 1.78. The van der Waals surface area contributed by atoms with Gasteiger partial charge in [0.25, 0.3) is 0 Å². The number of rotatable bonds is 4. The molecule has 0 radical (unpaired) electrons. The van der Waals surface area contributed by atoms with Crippen LogP contribution in [0, 0.1) is 0 Å². The summed E-state index contributed by atoms with van der Waals surface area (Å²) in [5.41, 5.74) is 8.10. The minimum Gasteiger partial charge on any atom is -0.458 e. The van der Waals surface area contributed by atoms with Crippen LogP contribution in [-0.4, -0.2) is 15.0 Å². The second-order valence-corrected chi connectivity index (χ2v) is 14.3. The Kier molecular flexibility index (Phi) is 6.42. The molecule has 6 heteroatoms. The van der Waals surface area contributed by atoms with Gasteiger partial charge in [-0.3, -0.25) is 0 Å². The summed E-state index contributed by atoms with van der Waals surface area (Å²) in [5.74, 6) is 2.81. The van der Waals surface area contributed by atoms with Crippen molar-refractivity contribution in [2.24, 2.45) is 0 Å². The SMILES string of the molecule is c1ccc(-c2nc(-c3ccc4oc5c(c4c3)-c3ccccc3NC5c3ccc4ccccc4c3)nc(-c3cccc4c3sc3ccccc34)n2)cc1. The van der Waals surface area contributed by atoms with Gasteiger partial charge in [-0.15, -0.1) is 11.3 Å². The molecule has 3 aromatic heterocycles. The average Bonchev–Trinajstić information content (AvgIpc) is 3.79. The van der Waals surface area contributed by atoms with Crippen LogP contribution in [0.25, 0.3) is 87.2 Å². The van der Waals surface area contributed by atoms with E-state index in [0.29, 0.717) is 17.5 Å². The predicted octanol–water partition coefficient (Wildman–Crippen LogP) is 12.3. The van der Waals surface area contributed by atoms with Crippen LogP contribution in [0.5, 0.6) is 0 Å². The molecule has 11 rings (SSSR count). The maximum Gasteiger partial charge on any atom is 0.165 e. The third-order valence-electron chi connectivity index (χ3n) is 10.2. The van der Waals surface area contributed by atoms with Gasteiger partial charge in [0, 0.05) is 59.1 Å². The number of furan rings is 1. The van der Waals surface area contributed by atoms with Crippen molar-refractivity contribution in [1.29, 1.82) is 0 Å². The molecule has 1 unspecified atom stereocenters. The normalized spacial score (nSPS) is 13.7. The fraction of sp³-hybridized carbons (Fsp3) is 0.0217. The molecule has 0 bridgehead atoms. The lowest BCUT2D eigenvalue weighted by Gasteiger charge is -2.27. The van der Waals surface area contributed by atoms with Crippen LogP contribution < -0.4 is 5.32 Å². The largest absolute Gasteiger partial charge is 0.458 e. The number of hydrogen-bond donors (Lipinski definition) is 1. The van der Waals surface area contributed by atoms with Crippen LogP contribution in [0.15, 0.2) is 162 Å². The molecule has 1 aliphatic heterocycles. The van der Waals surface area contributed by atoms with Crippen LogP contribution in [0.2, 0.25) is 0 Å². The molecule has 0 saturated heterocycles. The summed E-state index contributed by atoms with van der Waals surface area (Å²) in [5, 5.41) is 9.69. The van der Waals surface area contributed by atoms with Crippen molar-refractivity contribution in [2.75, 3.05) is 5.32 Å². The number of benzene rings is 7. The highest BCUT2D eigenvalue weighted by Gasteiger charge is 2.31. The van der Waals surface area contributed by atoms with Gasteiger partial charge >= 0.3 is 0 Å². The fourth-order valence-corrected chi connectivity index (χ4v) is 8.88. The molecule has 0 fully saturated rings. The lowest BCUT2D eigenvalue weighted by atomic mass is 9.89. The summed E-state index contributed by atoms with van der Waals surface area (Å²) in [6.07, 6.45) is 0. The summed E-state index contributed by atoms with van der Waals surface area (Å²) < 4.78 is 9.18. The number of para-hydroxylation sites is 1. The third-order valence-corrected chi connectivity index (χ3v) is 11.4. The van der Waals surface area contributed by atoms with Crippen LogP contribution in [0.4, 0.5) is 5.69 Å². The third kappa shape index (κ3) is 4.58. The first kappa shape index (κ1) is 29.1. The van der Waals surface area contributed by atoms with E-state index in [0.717, 1.165) is 55.8 Å². The molecule has 10 aromatic rings. The molecule has 244 valence electrons. The number of fused-ring (bicyclic) bond motifs is 9. The Morgan fingerprint density at radius 3 is 2.17 bits per heavy atom. The molecule has 7 aromatic carbocycles. The Labute approximate surface area is 302 Å². The standard InChI is InChI=1S/C46H28N4OS/c1-2-12-28(13-3-1)44-48-45(50-46(49-44)35-18-10-17-33-32-15-7-9-20-39(32)52-43(33)35)31-23-24-38-36(26-31)40-34-16-6-8-19-37(34)47-41(42(40)51-38)30-22-21-27-11-4-5-14-29(27)25-30/h1-26,41,47H. The van der Waals surface area contributed by atoms with E-state index in [1.165, 1.54) is 30.9 Å². The number of anilines is 1. The second kappa shape index (κ2) is 11.5. The summed E-state index contributed by atoms with van der Waals surface area (Å²) in [6, 6.07) is 54.9. The van der Waals surface area contributed by atoms with Gasteiger partial charge < -0.3 is 9.73 Å². The molecule has 0 amide bonds. The Balaban J connectivity index is 1.11. The van der Waals surface area contributed by atoms with E-state index < -0.39 is 0 Å². The van der Waals surface area contributed by atoms with Gasteiger partial charge in [0.1, 0.15) is 17.4 Å². The Morgan fingerprint density at radius 2 is 1.25 bits per heavy atom. The monoisotopic (exact) mass is 684 g/mol. The highest BCUT2D eigenvalue weighted by atomic mass is 32.1. The maximum atomic E-state index is 6.77. The topological polar surface area (TPSA) is 63.8 Å². The minimum atomic E-state index is -0.152. The number of hydrogen-bond acceptors (Lipinski definition) is 6. The van der Waals surface area contributed by atoms with Crippen molar-refractivity contribution >= 4 is 58.9 Å². The first-order chi connectivity index (χ1) is 25.7. The zero-order valence-electron chi connectivity index (χ0n) is 27.7. The molecule has 52 heavy (non-hydrogen) atoms. The molecule has 5 nitrogen and oxygen atoms in total. The summed E-state index contributed by atoms with van der Waals surface area (Å²) in [4.78, 5) is 15.4. The first-order valence-electron chi connectivity index (χ1n) is 17.4. The Bertz CT molecular complexity index is 3020. The van der Waals surface area contributed by atoms with Crippen LogP contribution in [-0.2, 0) is 0 Å². The van der Waals surface area contributed by atoms with Gasteiger partial charge in [-0.25, -0.2) is 15.0 Å². The number of nitrogens with zero attached hydrogens (tertiary/aromatic N) is 3. The molecule has 0 spiro atoms. The van der Waals surface area contributed by atoms with E-state index in [1.54, 1.807) is 11.3 Å². The average molecular weight is 685 g/mol. The zero-order chi connectivity index (χ0) is 34.2. The van der Waals surface area contributed by atoms with Gasteiger partial charge in [0.15, 0.2) is 17.5 Å². The second-order valence-electron chi connectivity index (χ2n) is 13.2. The van der Waals surface area contributed by atoms with Crippen LogP contribution in [0.1, 0.15) is 17.4 Å². The highest BCUT2D eigenvalue weighted by molar-refractivity contribution is 7.26. The van der Waals surface area contributed by atoms with E-state index >= 15 is 0 Å². The molecule has 1 aliphatic rings. The van der Waals surface area contributed by atoms with Gasteiger partial charge in [-0.05, 0) is 58.8 Å². The van der Waals surface area contributed by atoms with Gasteiger partial charge in [-0.1, -0.05) is 115 Å². The minimum absolute atomic E-state index is 0.152. The fourth-order valence-electron chi connectivity index (χ4n) is 7.67. The first-order valence-corrected chi connectivity index (χ1v) is 18.2. The Morgan fingerprint density at radius 1 is 0.519 bits per heavy atom. The maximum absolute atomic E-state index is 6.77. The Hall–Kier alpha value is -6.63. The van der Waals surface area contributed by atoms with Crippen LogP contribution in [0.3, 0.4) is 0 Å². The number of thiophene rings is 1. The van der Waals surface area contributed by atoms with E-state index in [1.807, 2.05) is 18.2 Å². The van der Waals surface area contributed by atoms with Crippen molar-refractivity contribution in [2.45, 2.75) is 6.04 Å². The molecule has 4 heterocycles. The molecule has 1 atom stereocenters. The van der Waals surface area contributed by atoms with Crippen molar-refractivity contribution < 1.29 is 4.42 Å². The summed E-state index contributed by atoms with van der Waals surface area (Å²) in [6.45, 7) is 0. The van der Waals surface area contributed by atoms with E-state index in [-0.39, 0.29) is 6.04 Å². The highest BCUT2D eigenvalue weighted by Crippen LogP contribution is 2.49. The van der Waals surface area contributed by atoms with Gasteiger partial charge in [0.05, 0.1) is 0 Å². The van der Waals surface area contributed by atoms with E-state index in [4.69, 9.17) is 19.4 Å². The van der Waals surface area contributed by atoms with E-state index in [9.17, 15) is 0 Å². The van der Waals surface area contributed by atoms with Crippen molar-refractivity contribution in [3.63, 3.8) is 0 Å². The number of nitrogens with one attached hydrogen (secondary N) is 1. The molecular formula is C46H28N4OS. The molecule has 0 aliphatic carbocycles. The lowest BCUT2D eigenvalue weighted by molar-refractivity contribution is 0.536. The zero-order valence-corrected chi connectivity index (χ0v) is 28.6. The lowest BCUT2D eigenvalue weighted by Crippen LogP contribution is -2.16. The van der Waals surface area contributed by atoms with E-state index in [2.05, 4.69) is 145 Å². The van der Waals surface area contributed by atoms with Gasteiger partial charge in [0.2, 0.25) is 0 Å². The molecular weight excluding hydrogens is 657 g/mol. The van der Waals surface area contributed by atoms with Crippen LogP contribution >= 0.6 is 11.3 Å². The molecule has 0 saturated carbocycles.